The number of hydrogen-bond donors (Lipinski definition) is 0. The maximum Gasteiger partial charge on any atom is 0.213 e. The summed E-state index contributed by atoms with van der Waals surface area (Å²) in [7, 11) is 1.65. The average Bonchev–Trinajstić information content (AvgIpc) is 2.82. The van der Waals surface area contributed by atoms with E-state index in [9.17, 15) is 4.79 Å². The monoisotopic (exact) mass is 392 g/mol. The van der Waals surface area contributed by atoms with Gasteiger partial charge in [-0.2, -0.15) is 5.10 Å². The lowest BCUT2D eigenvalue weighted by Crippen LogP contribution is -2.15. The van der Waals surface area contributed by atoms with Crippen molar-refractivity contribution in [3.63, 3.8) is 0 Å². The fourth-order valence-corrected chi connectivity index (χ4v) is 3.16. The van der Waals surface area contributed by atoms with Gasteiger partial charge in [0.25, 0.3) is 0 Å². The van der Waals surface area contributed by atoms with E-state index in [1.165, 1.54) is 0 Å². The molecule has 0 amide bonds. The molecule has 0 aromatic heterocycles. The molecule has 4 aromatic carbocycles. The third kappa shape index (κ3) is 4.33. The largest absolute Gasteiger partial charge is 0.497 e. The Hall–Kier alpha value is -4.05. The number of methoxy groups -OCH3 is 1. The average molecular weight is 392 g/mol. The first-order valence-electron chi connectivity index (χ1n) is 9.58. The number of carbonyl (C=O) groups is 1. The maximum atomic E-state index is 13.0. The van der Waals surface area contributed by atoms with Crippen LogP contribution in [0.3, 0.4) is 0 Å². The van der Waals surface area contributed by atoms with Gasteiger partial charge in [0.2, 0.25) is 5.78 Å². The lowest BCUT2D eigenvalue weighted by molar-refractivity contribution is 0.106. The van der Waals surface area contributed by atoms with Gasteiger partial charge in [0, 0.05) is 11.1 Å². The predicted molar refractivity (Wildman–Crippen MR) is 122 cm³/mol. The highest BCUT2D eigenvalue weighted by atomic mass is 16.5. The second kappa shape index (κ2) is 8.97. The predicted octanol–water partition coefficient (Wildman–Crippen LogP) is 5.55. The number of ether oxygens (including phenoxy) is 1. The van der Waals surface area contributed by atoms with Crippen molar-refractivity contribution >= 4 is 28.5 Å². The topological polar surface area (TPSA) is 51.0 Å². The maximum absolute atomic E-state index is 13.0. The molecule has 0 N–H and O–H groups in total. The van der Waals surface area contributed by atoms with Gasteiger partial charge in [0.1, 0.15) is 11.5 Å². The first-order chi connectivity index (χ1) is 14.7. The molecule has 30 heavy (non-hydrogen) atoms. The number of ketones is 1. The molecular formula is C26H20N2O2. The number of carbonyl (C=O) groups excluding carboxylic acids is 1. The summed E-state index contributed by atoms with van der Waals surface area (Å²) >= 11 is 0. The molecule has 0 atom stereocenters. The summed E-state index contributed by atoms with van der Waals surface area (Å²) < 4.78 is 5.27. The normalized spacial score (nSPS) is 11.7. The Bertz CT molecular complexity index is 1230. The number of Topliss-reactive ketones (excluding diaryl/α,β-unsaturated/α-hetero) is 1. The zero-order valence-corrected chi connectivity index (χ0v) is 16.5. The van der Waals surface area contributed by atoms with E-state index in [2.05, 4.69) is 10.2 Å². The number of benzene rings is 4. The number of nitrogens with zero attached hydrogens (tertiary/aromatic N) is 2. The molecule has 0 aliphatic heterocycles. The lowest BCUT2D eigenvalue weighted by Gasteiger charge is -2.05. The van der Waals surface area contributed by atoms with E-state index in [0.29, 0.717) is 11.3 Å². The van der Waals surface area contributed by atoms with Crippen molar-refractivity contribution in [2.45, 2.75) is 0 Å². The first kappa shape index (κ1) is 19.3. The highest BCUT2D eigenvalue weighted by molar-refractivity contribution is 6.51. The first-order valence-corrected chi connectivity index (χ1v) is 9.58. The SMILES string of the molecule is COc1ccc2cc(/C=N/N=C(\C(=O)c3ccccc3)c3ccccc3)ccc2c1. The van der Waals surface area contributed by atoms with E-state index in [-0.39, 0.29) is 5.78 Å². The van der Waals surface area contributed by atoms with Crippen LogP contribution in [0.2, 0.25) is 0 Å². The zero-order valence-electron chi connectivity index (χ0n) is 16.5. The molecule has 4 heteroatoms. The molecule has 4 aromatic rings. The van der Waals surface area contributed by atoms with Crippen LogP contribution in [0.15, 0.2) is 107 Å². The van der Waals surface area contributed by atoms with Gasteiger partial charge in [-0.25, -0.2) is 0 Å². The molecule has 0 saturated heterocycles. The highest BCUT2D eigenvalue weighted by Gasteiger charge is 2.16. The van der Waals surface area contributed by atoms with Gasteiger partial charge in [-0.05, 0) is 34.5 Å². The Kier molecular flexibility index (Phi) is 5.76. The van der Waals surface area contributed by atoms with Crippen LogP contribution in [0.5, 0.6) is 5.75 Å². The number of hydrogen-bond acceptors (Lipinski definition) is 4. The summed E-state index contributed by atoms with van der Waals surface area (Å²) in [6.07, 6.45) is 1.66. The third-order valence-corrected chi connectivity index (χ3v) is 4.73. The minimum absolute atomic E-state index is 0.162. The molecule has 0 aliphatic rings. The van der Waals surface area contributed by atoms with Gasteiger partial charge in [-0.15, -0.1) is 5.10 Å². The number of rotatable bonds is 6. The van der Waals surface area contributed by atoms with Crippen molar-refractivity contribution in [2.24, 2.45) is 10.2 Å². The summed E-state index contributed by atoms with van der Waals surface area (Å²) in [5.41, 5.74) is 2.52. The second-order valence-electron chi connectivity index (χ2n) is 6.73. The van der Waals surface area contributed by atoms with Crippen molar-refractivity contribution in [1.29, 1.82) is 0 Å². The highest BCUT2D eigenvalue weighted by Crippen LogP contribution is 2.21. The van der Waals surface area contributed by atoms with Crippen LogP contribution in [-0.2, 0) is 0 Å². The van der Waals surface area contributed by atoms with Crippen LogP contribution in [-0.4, -0.2) is 24.8 Å². The number of fused-ring (bicyclic) bond motifs is 1. The van der Waals surface area contributed by atoms with Crippen LogP contribution in [0.4, 0.5) is 0 Å². The van der Waals surface area contributed by atoms with Crippen LogP contribution in [0, 0.1) is 0 Å². The van der Waals surface area contributed by atoms with E-state index in [1.807, 2.05) is 84.9 Å². The lowest BCUT2D eigenvalue weighted by atomic mass is 10.0. The van der Waals surface area contributed by atoms with Gasteiger partial charge >= 0.3 is 0 Å². The van der Waals surface area contributed by atoms with E-state index in [0.717, 1.165) is 27.6 Å². The van der Waals surface area contributed by atoms with Crippen LogP contribution < -0.4 is 4.74 Å². The molecule has 146 valence electrons. The summed E-state index contributed by atoms with van der Waals surface area (Å²) in [6.45, 7) is 0. The Morgan fingerprint density at radius 3 is 2.10 bits per heavy atom. The van der Waals surface area contributed by atoms with Gasteiger partial charge in [-0.3, -0.25) is 4.79 Å². The second-order valence-corrected chi connectivity index (χ2v) is 6.73. The van der Waals surface area contributed by atoms with Crippen LogP contribution in [0.25, 0.3) is 10.8 Å². The molecular weight excluding hydrogens is 372 g/mol. The molecule has 0 aliphatic carbocycles. The molecule has 0 bridgehead atoms. The quantitative estimate of drug-likeness (QED) is 0.245. The molecule has 0 saturated carbocycles. The van der Waals surface area contributed by atoms with Crippen molar-refractivity contribution in [3.8, 4) is 5.75 Å². The summed E-state index contributed by atoms with van der Waals surface area (Å²) in [4.78, 5) is 13.0. The van der Waals surface area contributed by atoms with Crippen molar-refractivity contribution in [1.82, 2.24) is 0 Å². The molecule has 0 radical (unpaired) electrons. The molecule has 0 heterocycles. The van der Waals surface area contributed by atoms with Gasteiger partial charge < -0.3 is 4.74 Å². The van der Waals surface area contributed by atoms with E-state index in [1.54, 1.807) is 25.5 Å². The third-order valence-electron chi connectivity index (χ3n) is 4.73. The van der Waals surface area contributed by atoms with Gasteiger partial charge in [0.15, 0.2) is 0 Å². The Morgan fingerprint density at radius 1 is 0.767 bits per heavy atom. The smallest absolute Gasteiger partial charge is 0.213 e. The zero-order chi connectivity index (χ0) is 20.8. The fourth-order valence-electron chi connectivity index (χ4n) is 3.16. The molecule has 0 unspecified atom stereocenters. The summed E-state index contributed by atoms with van der Waals surface area (Å²) in [5, 5.41) is 10.7. The Labute approximate surface area is 175 Å². The van der Waals surface area contributed by atoms with E-state index in [4.69, 9.17) is 4.74 Å². The van der Waals surface area contributed by atoms with Crippen molar-refractivity contribution < 1.29 is 9.53 Å². The summed E-state index contributed by atoms with van der Waals surface area (Å²) in [6, 6.07) is 30.4. The van der Waals surface area contributed by atoms with Crippen LogP contribution in [0.1, 0.15) is 21.5 Å². The molecule has 4 rings (SSSR count). The Morgan fingerprint density at radius 2 is 1.40 bits per heavy atom. The van der Waals surface area contributed by atoms with Crippen LogP contribution >= 0.6 is 0 Å². The van der Waals surface area contributed by atoms with Gasteiger partial charge in [0.05, 0.1) is 13.3 Å². The van der Waals surface area contributed by atoms with E-state index >= 15 is 0 Å². The van der Waals surface area contributed by atoms with Crippen molar-refractivity contribution in [2.75, 3.05) is 7.11 Å². The van der Waals surface area contributed by atoms with E-state index < -0.39 is 0 Å². The Balaban J connectivity index is 1.66. The summed E-state index contributed by atoms with van der Waals surface area (Å²) in [5.74, 6) is 0.657. The molecule has 0 spiro atoms. The van der Waals surface area contributed by atoms with Crippen molar-refractivity contribution in [3.05, 3.63) is 114 Å². The molecule has 0 fully saturated rings. The standard InChI is InChI=1S/C26H20N2O2/c1-30-24-15-14-22-16-19(12-13-23(22)17-24)18-27-28-25(20-8-4-2-5-9-20)26(29)21-10-6-3-7-11-21/h2-18H,1H3/b27-18+,28-25-. The fraction of sp³-hybridized carbons (Fsp3) is 0.0385. The van der Waals surface area contributed by atoms with Gasteiger partial charge in [-0.1, -0.05) is 78.9 Å². The minimum Gasteiger partial charge on any atom is -0.497 e. The molecule has 4 nitrogen and oxygen atoms in total. The minimum atomic E-state index is -0.162.